The zero-order chi connectivity index (χ0) is 23.9. The number of rotatable bonds is 5. The van der Waals surface area contributed by atoms with Crippen molar-refractivity contribution in [2.45, 2.75) is 76.0 Å². The molecular weight excluding hydrogens is 426 g/mol. The number of likely N-dealkylation sites (N-methyl/N-ethyl adjacent to an activating group) is 1. The molecule has 0 spiro atoms. The van der Waals surface area contributed by atoms with E-state index in [0.717, 1.165) is 12.8 Å². The predicted octanol–water partition coefficient (Wildman–Crippen LogP) is 1.46. The highest BCUT2D eigenvalue weighted by Crippen LogP contribution is 2.36. The Hall–Kier alpha value is -2.17. The van der Waals surface area contributed by atoms with Gasteiger partial charge in [0.05, 0.1) is 23.8 Å². The van der Waals surface area contributed by atoms with Gasteiger partial charge in [-0.3, -0.25) is 4.79 Å². The molecule has 1 amide bonds. The maximum atomic E-state index is 13.5. The normalized spacial score (nSPS) is 37.4. The van der Waals surface area contributed by atoms with Crippen LogP contribution in [0.3, 0.4) is 0 Å². The molecule has 7 unspecified atom stereocenters. The minimum atomic E-state index is -1.46. The van der Waals surface area contributed by atoms with Gasteiger partial charge in [-0.2, -0.15) is 0 Å². The smallest absolute Gasteiger partial charge is 0.256 e. The van der Waals surface area contributed by atoms with Crippen molar-refractivity contribution in [1.29, 1.82) is 0 Å². The van der Waals surface area contributed by atoms with Crippen LogP contribution in [0.2, 0.25) is 0 Å². The van der Waals surface area contributed by atoms with Crippen molar-refractivity contribution in [3.63, 3.8) is 0 Å². The highest BCUT2D eigenvalue weighted by molar-refractivity contribution is 6.01. The Morgan fingerprint density at radius 2 is 2.18 bits per heavy atom. The van der Waals surface area contributed by atoms with E-state index in [1.807, 2.05) is 11.8 Å². The Bertz CT molecular complexity index is 919. The average Bonchev–Trinajstić information content (AvgIpc) is 3.15. The number of hydrogen-bond acceptors (Lipinski definition) is 8. The first kappa shape index (κ1) is 24.0. The van der Waals surface area contributed by atoms with Crippen LogP contribution in [0.1, 0.15) is 44.0 Å². The Morgan fingerprint density at radius 3 is 2.85 bits per heavy atom. The number of anilines is 1. The van der Waals surface area contributed by atoms with Crippen LogP contribution in [-0.2, 0) is 9.47 Å². The Morgan fingerprint density at radius 1 is 1.42 bits per heavy atom. The summed E-state index contributed by atoms with van der Waals surface area (Å²) in [5.41, 5.74) is 0.893. The molecule has 0 radical (unpaired) electrons. The molecule has 1 aromatic rings. The second kappa shape index (κ2) is 9.23. The minimum absolute atomic E-state index is 0.102. The summed E-state index contributed by atoms with van der Waals surface area (Å²) in [4.78, 5) is 15.3. The van der Waals surface area contributed by atoms with E-state index in [1.54, 1.807) is 39.3 Å². The molecule has 9 heteroatoms. The van der Waals surface area contributed by atoms with E-state index in [-0.39, 0.29) is 18.2 Å². The van der Waals surface area contributed by atoms with Gasteiger partial charge in [0.2, 0.25) is 6.29 Å². The third kappa shape index (κ3) is 4.24. The Labute approximate surface area is 194 Å². The van der Waals surface area contributed by atoms with E-state index in [9.17, 15) is 15.0 Å². The predicted molar refractivity (Wildman–Crippen MR) is 123 cm³/mol. The van der Waals surface area contributed by atoms with E-state index < -0.39 is 30.1 Å². The summed E-state index contributed by atoms with van der Waals surface area (Å²) in [7, 11) is 3.34. The van der Waals surface area contributed by atoms with E-state index in [2.05, 4.69) is 23.6 Å². The number of nitrogens with one attached hydrogen (secondary N) is 2. The van der Waals surface area contributed by atoms with Crippen LogP contribution in [0.15, 0.2) is 29.8 Å². The topological polar surface area (TPSA) is 113 Å². The number of benzene rings is 1. The first-order valence-electron chi connectivity index (χ1n) is 11.5. The molecule has 0 aliphatic carbocycles. The molecule has 2 fully saturated rings. The first-order valence-corrected chi connectivity index (χ1v) is 11.5. The van der Waals surface area contributed by atoms with Crippen molar-refractivity contribution in [3.8, 4) is 5.75 Å². The lowest BCUT2D eigenvalue weighted by molar-refractivity contribution is -0.272. The number of amides is 1. The molecule has 0 bridgehead atoms. The van der Waals surface area contributed by atoms with Crippen LogP contribution in [0, 0.1) is 0 Å². The molecule has 33 heavy (non-hydrogen) atoms. The van der Waals surface area contributed by atoms with E-state index in [1.165, 1.54) is 5.57 Å². The molecule has 4 rings (SSSR count). The molecule has 9 nitrogen and oxygen atoms in total. The zero-order valence-electron chi connectivity index (χ0n) is 19.9. The SMILES string of the molecule is CCC=C1CC2C(OC)Nc3ccc(OC4OC(C)C(NC)C(C)(O)C4O)cc3C(=O)N2C1. The third-order valence-corrected chi connectivity index (χ3v) is 6.99. The zero-order valence-corrected chi connectivity index (χ0v) is 19.9. The van der Waals surface area contributed by atoms with Crippen molar-refractivity contribution in [1.82, 2.24) is 10.2 Å². The van der Waals surface area contributed by atoms with Gasteiger partial charge in [0, 0.05) is 19.3 Å². The molecule has 3 heterocycles. The van der Waals surface area contributed by atoms with Crippen LogP contribution in [-0.4, -0.2) is 84.1 Å². The number of ether oxygens (including phenoxy) is 3. The van der Waals surface area contributed by atoms with Crippen molar-refractivity contribution in [2.75, 3.05) is 26.0 Å². The van der Waals surface area contributed by atoms with Crippen LogP contribution in [0.5, 0.6) is 5.75 Å². The van der Waals surface area contributed by atoms with Crippen LogP contribution in [0.25, 0.3) is 0 Å². The summed E-state index contributed by atoms with van der Waals surface area (Å²) in [5, 5.41) is 27.9. The molecule has 0 saturated carbocycles. The fourth-order valence-corrected chi connectivity index (χ4v) is 5.28. The summed E-state index contributed by atoms with van der Waals surface area (Å²) in [5.74, 6) is 0.266. The molecular formula is C24H35N3O6. The van der Waals surface area contributed by atoms with E-state index in [0.29, 0.717) is 23.5 Å². The van der Waals surface area contributed by atoms with Crippen molar-refractivity contribution in [3.05, 3.63) is 35.4 Å². The highest BCUT2D eigenvalue weighted by Gasteiger charge is 2.52. The number of fused-ring (bicyclic) bond motifs is 2. The van der Waals surface area contributed by atoms with Gasteiger partial charge in [-0.25, -0.2) is 0 Å². The summed E-state index contributed by atoms with van der Waals surface area (Å²) >= 11 is 0. The van der Waals surface area contributed by atoms with Gasteiger partial charge in [0.1, 0.15) is 23.7 Å². The number of hydrogen-bond donors (Lipinski definition) is 4. The first-order chi connectivity index (χ1) is 15.7. The summed E-state index contributed by atoms with van der Waals surface area (Å²) in [6.07, 6.45) is 0.747. The van der Waals surface area contributed by atoms with Crippen LogP contribution in [0.4, 0.5) is 5.69 Å². The van der Waals surface area contributed by atoms with Gasteiger partial charge >= 0.3 is 0 Å². The molecule has 1 aromatic carbocycles. The summed E-state index contributed by atoms with van der Waals surface area (Å²) < 4.78 is 17.5. The standard InChI is InChI=1S/C24H35N3O6/c1-6-7-14-10-18-21(31-5)26-17-9-8-15(11-16(17)22(29)27(18)12-14)33-23-20(28)24(3,30)19(25-4)13(2)32-23/h7-9,11,13,18-21,23,25-26,28,30H,6,10,12H2,1-5H3. The molecule has 182 valence electrons. The largest absolute Gasteiger partial charge is 0.462 e. The number of aliphatic hydroxyl groups is 2. The molecule has 3 aliphatic heterocycles. The minimum Gasteiger partial charge on any atom is -0.462 e. The number of carbonyl (C=O) groups is 1. The third-order valence-electron chi connectivity index (χ3n) is 6.99. The average molecular weight is 462 g/mol. The van der Waals surface area contributed by atoms with Gasteiger partial charge in [-0.05, 0) is 51.9 Å². The van der Waals surface area contributed by atoms with Gasteiger partial charge in [0.25, 0.3) is 5.91 Å². The Balaban J connectivity index is 1.60. The second-order valence-corrected chi connectivity index (χ2v) is 9.25. The van der Waals surface area contributed by atoms with Gasteiger partial charge in [-0.15, -0.1) is 0 Å². The highest BCUT2D eigenvalue weighted by atomic mass is 16.7. The van der Waals surface area contributed by atoms with E-state index >= 15 is 0 Å². The quantitative estimate of drug-likeness (QED) is 0.488. The lowest BCUT2D eigenvalue weighted by atomic mass is 9.84. The lowest BCUT2D eigenvalue weighted by Crippen LogP contribution is -2.69. The maximum absolute atomic E-state index is 13.5. The number of carbonyl (C=O) groups excluding carboxylic acids is 1. The second-order valence-electron chi connectivity index (χ2n) is 9.25. The molecule has 7 atom stereocenters. The monoisotopic (exact) mass is 461 g/mol. The van der Waals surface area contributed by atoms with E-state index in [4.69, 9.17) is 14.2 Å². The van der Waals surface area contributed by atoms with Gasteiger partial charge in [-0.1, -0.05) is 18.6 Å². The molecule has 2 saturated heterocycles. The Kier molecular flexibility index (Phi) is 6.70. The van der Waals surface area contributed by atoms with Crippen LogP contribution >= 0.6 is 0 Å². The molecule has 4 N–H and O–H groups in total. The van der Waals surface area contributed by atoms with Gasteiger partial charge in [0.15, 0.2) is 0 Å². The van der Waals surface area contributed by atoms with Gasteiger partial charge < -0.3 is 40.0 Å². The number of allylic oxidation sites excluding steroid dienone is 1. The number of methoxy groups -OCH3 is 1. The van der Waals surface area contributed by atoms with Crippen molar-refractivity contribution >= 4 is 11.6 Å². The summed E-state index contributed by atoms with van der Waals surface area (Å²) in [6, 6.07) is 4.57. The molecule has 3 aliphatic rings. The summed E-state index contributed by atoms with van der Waals surface area (Å²) in [6.45, 7) is 6.02. The van der Waals surface area contributed by atoms with Crippen molar-refractivity contribution in [2.24, 2.45) is 0 Å². The molecule has 0 aromatic heterocycles. The lowest BCUT2D eigenvalue weighted by Gasteiger charge is -2.47. The fraction of sp³-hybridized carbons (Fsp3) is 0.625. The fourth-order valence-electron chi connectivity index (χ4n) is 5.28. The maximum Gasteiger partial charge on any atom is 0.256 e. The van der Waals surface area contributed by atoms with Crippen LogP contribution < -0.4 is 15.4 Å². The number of aliphatic hydroxyl groups excluding tert-OH is 1. The number of nitrogens with zero attached hydrogens (tertiary/aromatic N) is 1. The van der Waals surface area contributed by atoms with Crippen molar-refractivity contribution < 1.29 is 29.2 Å².